The van der Waals surface area contributed by atoms with Gasteiger partial charge in [0.15, 0.2) is 5.78 Å². The first kappa shape index (κ1) is 15.0. The molecule has 0 saturated carbocycles. The summed E-state index contributed by atoms with van der Waals surface area (Å²) in [4.78, 5) is 25.9. The van der Waals surface area contributed by atoms with Crippen LogP contribution in [0.4, 0.5) is 5.69 Å². The lowest BCUT2D eigenvalue weighted by atomic mass is 10.1. The van der Waals surface area contributed by atoms with Crippen molar-refractivity contribution in [2.75, 3.05) is 18.5 Å². The molecule has 0 atom stereocenters. The topological polar surface area (TPSA) is 55.2 Å². The normalized spacial score (nSPS) is 10.4. The van der Waals surface area contributed by atoms with Gasteiger partial charge in [0.05, 0.1) is 18.4 Å². The third kappa shape index (κ3) is 3.78. The molecular weight excluding hydrogens is 266 g/mol. The first-order chi connectivity index (χ1) is 10.1. The van der Waals surface area contributed by atoms with Gasteiger partial charge in [-0.25, -0.2) is 4.68 Å². The molecule has 21 heavy (non-hydrogen) atoms. The van der Waals surface area contributed by atoms with E-state index in [-0.39, 0.29) is 17.8 Å². The van der Waals surface area contributed by atoms with E-state index < -0.39 is 0 Å². The van der Waals surface area contributed by atoms with E-state index in [1.807, 2.05) is 37.1 Å². The Morgan fingerprint density at radius 2 is 2.00 bits per heavy atom. The van der Waals surface area contributed by atoms with E-state index in [0.717, 1.165) is 12.2 Å². The maximum absolute atomic E-state index is 12.0. The molecule has 1 aromatic carbocycles. The average molecular weight is 285 g/mol. The van der Waals surface area contributed by atoms with E-state index in [1.54, 1.807) is 24.4 Å². The number of hydrogen-bond donors (Lipinski definition) is 0. The first-order valence-corrected chi connectivity index (χ1v) is 6.98. The monoisotopic (exact) mass is 285 g/mol. The van der Waals surface area contributed by atoms with Gasteiger partial charge in [-0.15, -0.1) is 0 Å². The zero-order valence-electron chi connectivity index (χ0n) is 12.3. The molecule has 0 radical (unpaired) electrons. The van der Waals surface area contributed by atoms with Crippen LogP contribution < -0.4 is 10.5 Å². The standard InChI is InChI=1S/C16H19N3O2/c1-3-18(2)14-11-16(21)19(17-12-14)10-9-15(20)13-7-5-4-6-8-13/h4-8,11-12H,3,9-10H2,1-2H3. The van der Waals surface area contributed by atoms with Crippen LogP contribution in [0.15, 0.2) is 47.4 Å². The number of carbonyl (C=O) groups is 1. The second-order valence-corrected chi connectivity index (χ2v) is 4.83. The number of hydrogen-bond acceptors (Lipinski definition) is 4. The Morgan fingerprint density at radius 3 is 2.62 bits per heavy atom. The van der Waals surface area contributed by atoms with Crippen molar-refractivity contribution in [3.63, 3.8) is 0 Å². The second-order valence-electron chi connectivity index (χ2n) is 4.83. The molecule has 5 nitrogen and oxygen atoms in total. The van der Waals surface area contributed by atoms with Crippen LogP contribution in [-0.4, -0.2) is 29.2 Å². The molecule has 0 aliphatic carbocycles. The largest absolute Gasteiger partial charge is 0.373 e. The number of rotatable bonds is 6. The Hall–Kier alpha value is -2.43. The van der Waals surface area contributed by atoms with Crippen LogP contribution >= 0.6 is 0 Å². The van der Waals surface area contributed by atoms with E-state index >= 15 is 0 Å². The summed E-state index contributed by atoms with van der Waals surface area (Å²) < 4.78 is 1.33. The maximum atomic E-state index is 12.0. The zero-order valence-corrected chi connectivity index (χ0v) is 12.3. The minimum atomic E-state index is -0.186. The number of benzene rings is 1. The molecule has 1 heterocycles. The van der Waals surface area contributed by atoms with Crippen molar-refractivity contribution in [1.29, 1.82) is 0 Å². The molecule has 0 amide bonds. The van der Waals surface area contributed by atoms with Crippen LogP contribution in [0, 0.1) is 0 Å². The molecule has 2 aromatic rings. The molecule has 0 aliphatic heterocycles. The second kappa shape index (κ2) is 6.83. The minimum absolute atomic E-state index is 0.0130. The van der Waals surface area contributed by atoms with Crippen LogP contribution in [0.5, 0.6) is 0 Å². The van der Waals surface area contributed by atoms with Gasteiger partial charge >= 0.3 is 0 Å². The summed E-state index contributed by atoms with van der Waals surface area (Å²) in [5, 5.41) is 4.12. The van der Waals surface area contributed by atoms with Gasteiger partial charge in [-0.1, -0.05) is 30.3 Å². The molecule has 0 aliphatic rings. The number of aromatic nitrogens is 2. The Labute approximate surface area is 123 Å². The predicted molar refractivity (Wildman–Crippen MR) is 82.8 cm³/mol. The Bertz CT molecular complexity index is 665. The lowest BCUT2D eigenvalue weighted by molar-refractivity contribution is 0.0975. The lowest BCUT2D eigenvalue weighted by Crippen LogP contribution is -2.26. The molecule has 1 aromatic heterocycles. The van der Waals surface area contributed by atoms with Gasteiger partial charge in [0, 0.05) is 31.6 Å². The highest BCUT2D eigenvalue weighted by Crippen LogP contribution is 2.07. The number of anilines is 1. The highest BCUT2D eigenvalue weighted by Gasteiger charge is 2.08. The van der Waals surface area contributed by atoms with Crippen LogP contribution in [0.25, 0.3) is 0 Å². The van der Waals surface area contributed by atoms with Crippen molar-refractivity contribution in [3.8, 4) is 0 Å². The van der Waals surface area contributed by atoms with E-state index in [2.05, 4.69) is 5.10 Å². The lowest BCUT2D eigenvalue weighted by Gasteiger charge is -2.16. The summed E-state index contributed by atoms with van der Waals surface area (Å²) in [5.74, 6) is 0.0130. The summed E-state index contributed by atoms with van der Waals surface area (Å²) in [6.07, 6.45) is 1.91. The maximum Gasteiger partial charge on any atom is 0.268 e. The van der Waals surface area contributed by atoms with Crippen molar-refractivity contribution < 1.29 is 4.79 Å². The zero-order chi connectivity index (χ0) is 15.2. The number of aryl methyl sites for hydroxylation is 1. The fourth-order valence-electron chi connectivity index (χ4n) is 1.96. The summed E-state index contributed by atoms with van der Waals surface area (Å²) in [5.41, 5.74) is 1.26. The highest BCUT2D eigenvalue weighted by molar-refractivity contribution is 5.95. The van der Waals surface area contributed by atoms with Gasteiger partial charge in [0.25, 0.3) is 5.56 Å². The van der Waals surface area contributed by atoms with E-state index in [1.165, 1.54) is 4.68 Å². The number of nitrogens with zero attached hydrogens (tertiary/aromatic N) is 3. The average Bonchev–Trinajstić information content (AvgIpc) is 2.53. The number of ketones is 1. The third-order valence-electron chi connectivity index (χ3n) is 3.42. The molecule has 0 fully saturated rings. The summed E-state index contributed by atoms with van der Waals surface area (Å²) in [6.45, 7) is 3.10. The Balaban J connectivity index is 2.04. The SMILES string of the molecule is CCN(C)c1cnn(CCC(=O)c2ccccc2)c(=O)c1. The Morgan fingerprint density at radius 1 is 1.29 bits per heavy atom. The van der Waals surface area contributed by atoms with Crippen molar-refractivity contribution >= 4 is 11.5 Å². The molecule has 0 N–H and O–H groups in total. The molecule has 0 spiro atoms. The van der Waals surface area contributed by atoms with Crippen LogP contribution in [0.3, 0.4) is 0 Å². The molecule has 0 saturated heterocycles. The molecule has 2 rings (SSSR count). The highest BCUT2D eigenvalue weighted by atomic mass is 16.1. The van der Waals surface area contributed by atoms with E-state index in [9.17, 15) is 9.59 Å². The van der Waals surface area contributed by atoms with Gasteiger partial charge in [-0.3, -0.25) is 9.59 Å². The number of carbonyl (C=O) groups excluding carboxylic acids is 1. The van der Waals surface area contributed by atoms with Gasteiger partial charge in [-0.05, 0) is 6.92 Å². The van der Waals surface area contributed by atoms with Gasteiger partial charge in [-0.2, -0.15) is 5.10 Å². The van der Waals surface area contributed by atoms with Gasteiger partial charge in [0.2, 0.25) is 0 Å². The molecule has 5 heteroatoms. The van der Waals surface area contributed by atoms with Crippen molar-refractivity contribution in [2.24, 2.45) is 0 Å². The van der Waals surface area contributed by atoms with E-state index in [0.29, 0.717) is 12.1 Å². The van der Waals surface area contributed by atoms with Gasteiger partial charge in [0.1, 0.15) is 0 Å². The fourth-order valence-corrected chi connectivity index (χ4v) is 1.96. The Kier molecular flexibility index (Phi) is 4.87. The van der Waals surface area contributed by atoms with E-state index in [4.69, 9.17) is 0 Å². The quantitative estimate of drug-likeness (QED) is 0.761. The summed E-state index contributed by atoms with van der Waals surface area (Å²) >= 11 is 0. The van der Waals surface area contributed by atoms with Crippen molar-refractivity contribution in [3.05, 3.63) is 58.5 Å². The summed E-state index contributed by atoms with van der Waals surface area (Å²) in [7, 11) is 1.90. The van der Waals surface area contributed by atoms with Gasteiger partial charge < -0.3 is 4.90 Å². The molecular formula is C16H19N3O2. The minimum Gasteiger partial charge on any atom is -0.373 e. The third-order valence-corrected chi connectivity index (χ3v) is 3.42. The predicted octanol–water partition coefficient (Wildman–Crippen LogP) is 1.97. The fraction of sp³-hybridized carbons (Fsp3) is 0.312. The molecule has 0 unspecified atom stereocenters. The van der Waals surface area contributed by atoms with Crippen molar-refractivity contribution in [2.45, 2.75) is 19.9 Å². The van der Waals surface area contributed by atoms with Crippen LogP contribution in [-0.2, 0) is 6.54 Å². The molecule has 0 bridgehead atoms. The van der Waals surface area contributed by atoms with Crippen molar-refractivity contribution in [1.82, 2.24) is 9.78 Å². The first-order valence-electron chi connectivity index (χ1n) is 6.98. The van der Waals surface area contributed by atoms with Crippen LogP contribution in [0.2, 0.25) is 0 Å². The summed E-state index contributed by atoms with van der Waals surface area (Å²) in [6, 6.07) is 10.6. The van der Waals surface area contributed by atoms with Crippen LogP contribution in [0.1, 0.15) is 23.7 Å². The number of Topliss-reactive ketones (excluding diaryl/α,β-unsaturated/α-hetero) is 1. The molecule has 110 valence electrons. The smallest absolute Gasteiger partial charge is 0.268 e.